The summed E-state index contributed by atoms with van der Waals surface area (Å²) in [7, 11) is 0. The molecule has 0 saturated carbocycles. The highest BCUT2D eigenvalue weighted by Crippen LogP contribution is 2.42. The second-order valence-electron chi connectivity index (χ2n) is 8.13. The van der Waals surface area contributed by atoms with Crippen LogP contribution in [0.3, 0.4) is 0 Å². The Morgan fingerprint density at radius 3 is 2.70 bits per heavy atom. The van der Waals surface area contributed by atoms with Crippen molar-refractivity contribution in [3.63, 3.8) is 0 Å². The predicted octanol–water partition coefficient (Wildman–Crippen LogP) is 4.76. The maximum Gasteiger partial charge on any atom is 0.143 e. The average molecular weight is 404 g/mol. The molecule has 1 atom stereocenters. The molecule has 1 fully saturated rings. The molecule has 2 N–H and O–H groups in total. The van der Waals surface area contributed by atoms with E-state index >= 15 is 0 Å². The molecule has 30 heavy (non-hydrogen) atoms. The molecule has 0 aliphatic carbocycles. The molecule has 4 nitrogen and oxygen atoms in total. The minimum absolute atomic E-state index is 0.222. The molecule has 0 aromatic heterocycles. The summed E-state index contributed by atoms with van der Waals surface area (Å²) in [4.78, 5) is 4.87. The molecule has 2 aliphatic rings. The SMILES string of the molecule is Nc1ccc(CCN2CCC(N3c4ccc(F)cc4COc4ccccc43)C2)cc1. The van der Waals surface area contributed by atoms with E-state index in [0.29, 0.717) is 12.6 Å². The van der Waals surface area contributed by atoms with Crippen molar-refractivity contribution in [2.24, 2.45) is 0 Å². The maximum atomic E-state index is 13.9. The molecular formula is C25H26FN3O. The second-order valence-corrected chi connectivity index (χ2v) is 8.13. The van der Waals surface area contributed by atoms with Gasteiger partial charge in [-0.2, -0.15) is 0 Å². The molecule has 0 radical (unpaired) electrons. The monoisotopic (exact) mass is 403 g/mol. The fourth-order valence-corrected chi connectivity index (χ4v) is 4.56. The first kappa shape index (κ1) is 18.9. The number of ether oxygens (including phenoxy) is 1. The van der Waals surface area contributed by atoms with Gasteiger partial charge in [-0.1, -0.05) is 24.3 Å². The molecule has 0 amide bonds. The van der Waals surface area contributed by atoms with Gasteiger partial charge in [0.2, 0.25) is 0 Å². The molecule has 3 aromatic carbocycles. The number of fused-ring (bicyclic) bond motifs is 2. The normalized spacial score (nSPS) is 18.4. The summed E-state index contributed by atoms with van der Waals surface area (Å²) in [5.41, 5.74) is 10.9. The van der Waals surface area contributed by atoms with Crippen molar-refractivity contribution in [1.29, 1.82) is 0 Å². The van der Waals surface area contributed by atoms with Crippen LogP contribution < -0.4 is 15.4 Å². The minimum atomic E-state index is -0.222. The molecule has 154 valence electrons. The van der Waals surface area contributed by atoms with Gasteiger partial charge in [-0.15, -0.1) is 0 Å². The molecule has 0 spiro atoms. The molecule has 2 aliphatic heterocycles. The number of hydrogen-bond donors (Lipinski definition) is 1. The van der Waals surface area contributed by atoms with Crippen LogP contribution in [0.25, 0.3) is 0 Å². The lowest BCUT2D eigenvalue weighted by Gasteiger charge is -2.32. The van der Waals surface area contributed by atoms with E-state index in [1.165, 1.54) is 5.56 Å². The summed E-state index contributed by atoms with van der Waals surface area (Å²) in [6.07, 6.45) is 2.07. The third-order valence-corrected chi connectivity index (χ3v) is 6.12. The summed E-state index contributed by atoms with van der Waals surface area (Å²) >= 11 is 0. The van der Waals surface area contributed by atoms with Gasteiger partial charge in [0.15, 0.2) is 0 Å². The maximum absolute atomic E-state index is 13.9. The van der Waals surface area contributed by atoms with Crippen molar-refractivity contribution >= 4 is 17.1 Å². The summed E-state index contributed by atoms with van der Waals surface area (Å²) in [6, 6.07) is 21.6. The van der Waals surface area contributed by atoms with Crippen LogP contribution in [0.2, 0.25) is 0 Å². The van der Waals surface area contributed by atoms with Crippen LogP contribution in [0.4, 0.5) is 21.5 Å². The van der Waals surface area contributed by atoms with Crippen LogP contribution in [-0.2, 0) is 13.0 Å². The number of nitrogen functional groups attached to an aromatic ring is 1. The van der Waals surface area contributed by atoms with Crippen LogP contribution in [0.1, 0.15) is 17.5 Å². The van der Waals surface area contributed by atoms with E-state index in [4.69, 9.17) is 10.5 Å². The zero-order valence-corrected chi connectivity index (χ0v) is 16.9. The number of hydrogen-bond acceptors (Lipinski definition) is 4. The number of rotatable bonds is 4. The van der Waals surface area contributed by atoms with Crippen molar-refractivity contribution in [2.45, 2.75) is 25.5 Å². The highest BCUT2D eigenvalue weighted by atomic mass is 19.1. The first-order valence-corrected chi connectivity index (χ1v) is 10.5. The standard InChI is InChI=1S/C25H26FN3O/c26-20-7-10-23-19(15-20)17-30-25-4-2-1-3-24(25)29(23)22-12-14-28(16-22)13-11-18-5-8-21(27)9-6-18/h1-10,15,22H,11-14,16-17,27H2. The Labute approximate surface area is 176 Å². The van der Waals surface area contributed by atoms with Crippen LogP contribution in [0, 0.1) is 5.82 Å². The van der Waals surface area contributed by atoms with Gasteiger partial charge >= 0.3 is 0 Å². The summed E-state index contributed by atoms with van der Waals surface area (Å²) in [6.45, 7) is 3.42. The van der Waals surface area contributed by atoms with Gasteiger partial charge in [0.05, 0.1) is 5.69 Å². The Morgan fingerprint density at radius 2 is 1.83 bits per heavy atom. The Morgan fingerprint density at radius 1 is 1.00 bits per heavy atom. The van der Waals surface area contributed by atoms with Gasteiger partial charge in [0.1, 0.15) is 18.2 Å². The van der Waals surface area contributed by atoms with Crippen LogP contribution in [-0.4, -0.2) is 30.6 Å². The molecule has 3 aromatic rings. The first-order chi connectivity index (χ1) is 14.7. The van der Waals surface area contributed by atoms with Gasteiger partial charge in [-0.05, 0) is 60.9 Å². The van der Waals surface area contributed by atoms with Gasteiger partial charge < -0.3 is 20.3 Å². The summed E-state index contributed by atoms with van der Waals surface area (Å²) in [5.74, 6) is 0.634. The second kappa shape index (κ2) is 8.00. The molecule has 2 heterocycles. The average Bonchev–Trinajstić information content (AvgIpc) is 3.16. The van der Waals surface area contributed by atoms with E-state index in [0.717, 1.165) is 60.9 Å². The number of halogens is 1. The van der Waals surface area contributed by atoms with Crippen LogP contribution in [0.5, 0.6) is 5.75 Å². The van der Waals surface area contributed by atoms with Gasteiger partial charge in [0, 0.05) is 42.6 Å². The van der Waals surface area contributed by atoms with Crippen LogP contribution in [0.15, 0.2) is 66.7 Å². The lowest BCUT2D eigenvalue weighted by Crippen LogP contribution is -2.35. The lowest BCUT2D eigenvalue weighted by atomic mass is 10.1. The van der Waals surface area contributed by atoms with E-state index in [-0.39, 0.29) is 5.82 Å². The van der Waals surface area contributed by atoms with E-state index in [1.807, 2.05) is 36.4 Å². The van der Waals surface area contributed by atoms with E-state index in [2.05, 4.69) is 28.0 Å². The van der Waals surface area contributed by atoms with Gasteiger partial charge in [0.25, 0.3) is 0 Å². The lowest BCUT2D eigenvalue weighted by molar-refractivity contribution is 0.310. The Balaban J connectivity index is 1.38. The third-order valence-electron chi connectivity index (χ3n) is 6.12. The van der Waals surface area contributed by atoms with Gasteiger partial charge in [-0.25, -0.2) is 4.39 Å². The number of benzene rings is 3. The highest BCUT2D eigenvalue weighted by Gasteiger charge is 2.32. The zero-order chi connectivity index (χ0) is 20.5. The number of para-hydroxylation sites is 2. The number of anilines is 3. The topological polar surface area (TPSA) is 41.7 Å². The predicted molar refractivity (Wildman–Crippen MR) is 119 cm³/mol. The number of nitrogens with zero attached hydrogens (tertiary/aromatic N) is 2. The van der Waals surface area contributed by atoms with E-state index in [9.17, 15) is 4.39 Å². The van der Waals surface area contributed by atoms with Crippen molar-refractivity contribution in [2.75, 3.05) is 30.3 Å². The quantitative estimate of drug-likeness (QED) is 0.638. The highest BCUT2D eigenvalue weighted by molar-refractivity contribution is 5.73. The molecule has 5 rings (SSSR count). The number of nitrogens with two attached hydrogens (primary N) is 1. The first-order valence-electron chi connectivity index (χ1n) is 10.5. The molecule has 5 heteroatoms. The van der Waals surface area contributed by atoms with Gasteiger partial charge in [-0.3, -0.25) is 0 Å². The van der Waals surface area contributed by atoms with E-state index in [1.54, 1.807) is 12.1 Å². The summed E-state index contributed by atoms with van der Waals surface area (Å²) in [5, 5.41) is 0. The smallest absolute Gasteiger partial charge is 0.143 e. The molecule has 1 unspecified atom stereocenters. The van der Waals surface area contributed by atoms with Crippen molar-refractivity contribution in [1.82, 2.24) is 4.90 Å². The molecule has 0 bridgehead atoms. The third kappa shape index (κ3) is 3.73. The van der Waals surface area contributed by atoms with Crippen molar-refractivity contribution in [3.05, 3.63) is 83.7 Å². The van der Waals surface area contributed by atoms with E-state index < -0.39 is 0 Å². The fraction of sp³-hybridized carbons (Fsp3) is 0.280. The largest absolute Gasteiger partial charge is 0.487 e. The molecule has 1 saturated heterocycles. The molecular weight excluding hydrogens is 377 g/mol. The number of likely N-dealkylation sites (tertiary alicyclic amines) is 1. The Hall–Kier alpha value is -3.05. The zero-order valence-electron chi connectivity index (χ0n) is 16.9. The van der Waals surface area contributed by atoms with Crippen LogP contribution >= 0.6 is 0 Å². The Kier molecular flexibility index (Phi) is 5.05. The Bertz CT molecular complexity index is 1040. The minimum Gasteiger partial charge on any atom is -0.487 e. The van der Waals surface area contributed by atoms with Crippen molar-refractivity contribution in [3.8, 4) is 5.75 Å². The fourth-order valence-electron chi connectivity index (χ4n) is 4.56. The summed E-state index contributed by atoms with van der Waals surface area (Å²) < 4.78 is 19.9. The van der Waals surface area contributed by atoms with Crippen molar-refractivity contribution < 1.29 is 9.13 Å².